The van der Waals surface area contributed by atoms with Gasteiger partial charge in [-0.05, 0) is 12.8 Å². The van der Waals surface area contributed by atoms with Gasteiger partial charge in [-0.1, -0.05) is 6.92 Å². The van der Waals surface area contributed by atoms with Crippen molar-refractivity contribution in [3.05, 3.63) is 0 Å². The lowest BCUT2D eigenvalue weighted by Gasteiger charge is -2.10. The Kier molecular flexibility index (Phi) is 5.84. The monoisotopic (exact) mass is 160 g/mol. The number of rotatable bonds is 5. The summed E-state index contributed by atoms with van der Waals surface area (Å²) in [6, 6.07) is 0. The van der Waals surface area contributed by atoms with Crippen LogP contribution in [0, 0.1) is 0 Å². The molecule has 0 N–H and O–H groups in total. The third-order valence-corrected chi connectivity index (χ3v) is 1.69. The van der Waals surface area contributed by atoms with Crippen molar-refractivity contribution in [2.45, 2.75) is 32.3 Å². The summed E-state index contributed by atoms with van der Waals surface area (Å²) in [5.74, 6) is -0.166. The van der Waals surface area contributed by atoms with Gasteiger partial charge in [-0.25, -0.2) is 0 Å². The molecular formula is C8H16O3. The zero-order valence-corrected chi connectivity index (χ0v) is 7.42. The first-order valence-electron chi connectivity index (χ1n) is 3.84. The maximum absolute atomic E-state index is 10.7. The molecule has 0 aliphatic heterocycles. The molecule has 0 bridgehead atoms. The van der Waals surface area contributed by atoms with Gasteiger partial charge in [0, 0.05) is 13.5 Å². The minimum atomic E-state index is -0.166. The number of hydrogen-bond acceptors (Lipinski definition) is 3. The van der Waals surface area contributed by atoms with Crippen LogP contribution in [0.15, 0.2) is 0 Å². The van der Waals surface area contributed by atoms with E-state index in [4.69, 9.17) is 4.74 Å². The zero-order valence-electron chi connectivity index (χ0n) is 7.42. The molecule has 1 unspecified atom stereocenters. The van der Waals surface area contributed by atoms with Crippen LogP contribution in [0.1, 0.15) is 26.2 Å². The normalized spacial score (nSPS) is 12.6. The van der Waals surface area contributed by atoms with Crippen molar-refractivity contribution in [2.75, 3.05) is 14.2 Å². The first-order valence-corrected chi connectivity index (χ1v) is 3.84. The van der Waals surface area contributed by atoms with Gasteiger partial charge in [0.1, 0.15) is 0 Å². The highest BCUT2D eigenvalue weighted by Crippen LogP contribution is 2.05. The van der Waals surface area contributed by atoms with Gasteiger partial charge in [-0.2, -0.15) is 0 Å². The molecule has 11 heavy (non-hydrogen) atoms. The van der Waals surface area contributed by atoms with Gasteiger partial charge in [0.15, 0.2) is 0 Å². The number of hydrogen-bond donors (Lipinski definition) is 0. The van der Waals surface area contributed by atoms with Gasteiger partial charge in [0.2, 0.25) is 0 Å². The van der Waals surface area contributed by atoms with Crippen LogP contribution in [0.25, 0.3) is 0 Å². The van der Waals surface area contributed by atoms with Crippen LogP contribution in [0.4, 0.5) is 0 Å². The Morgan fingerprint density at radius 1 is 1.45 bits per heavy atom. The Morgan fingerprint density at radius 2 is 2.09 bits per heavy atom. The molecule has 0 aromatic carbocycles. The van der Waals surface area contributed by atoms with Crippen LogP contribution in [0.5, 0.6) is 0 Å². The molecule has 0 spiro atoms. The lowest BCUT2D eigenvalue weighted by atomic mass is 10.1. The second-order valence-electron chi connectivity index (χ2n) is 2.38. The van der Waals surface area contributed by atoms with E-state index in [-0.39, 0.29) is 12.1 Å². The fraction of sp³-hybridized carbons (Fsp3) is 0.875. The molecule has 0 aromatic rings. The number of esters is 1. The lowest BCUT2D eigenvalue weighted by Crippen LogP contribution is -2.12. The van der Waals surface area contributed by atoms with E-state index in [9.17, 15) is 4.79 Å². The molecule has 0 amide bonds. The summed E-state index contributed by atoms with van der Waals surface area (Å²) in [5.41, 5.74) is 0. The van der Waals surface area contributed by atoms with Crippen LogP contribution < -0.4 is 0 Å². The van der Waals surface area contributed by atoms with Crippen LogP contribution in [-0.2, 0) is 14.3 Å². The molecule has 0 aliphatic carbocycles. The number of ether oxygens (including phenoxy) is 2. The summed E-state index contributed by atoms with van der Waals surface area (Å²) in [5, 5.41) is 0. The first kappa shape index (κ1) is 10.4. The fourth-order valence-corrected chi connectivity index (χ4v) is 0.870. The molecule has 0 heterocycles. The van der Waals surface area contributed by atoms with E-state index >= 15 is 0 Å². The summed E-state index contributed by atoms with van der Waals surface area (Å²) >= 11 is 0. The van der Waals surface area contributed by atoms with Crippen LogP contribution in [0.3, 0.4) is 0 Å². The Balaban J connectivity index is 3.42. The summed E-state index contributed by atoms with van der Waals surface area (Å²) in [7, 11) is 3.06. The predicted octanol–water partition coefficient (Wildman–Crippen LogP) is 1.36. The molecule has 3 nitrogen and oxygen atoms in total. The van der Waals surface area contributed by atoms with Gasteiger partial charge in [0.25, 0.3) is 0 Å². The average molecular weight is 160 g/mol. The van der Waals surface area contributed by atoms with Gasteiger partial charge in [-0.15, -0.1) is 0 Å². The van der Waals surface area contributed by atoms with Crippen LogP contribution in [0.2, 0.25) is 0 Å². The Bertz CT molecular complexity index is 108. The molecule has 3 heteroatoms. The van der Waals surface area contributed by atoms with Gasteiger partial charge < -0.3 is 9.47 Å². The predicted molar refractivity (Wildman–Crippen MR) is 42.3 cm³/mol. The number of methoxy groups -OCH3 is 2. The maximum atomic E-state index is 10.7. The van der Waals surface area contributed by atoms with Crippen molar-refractivity contribution in [1.82, 2.24) is 0 Å². The van der Waals surface area contributed by atoms with E-state index in [1.807, 2.05) is 6.92 Å². The molecule has 66 valence electrons. The van der Waals surface area contributed by atoms with E-state index in [0.717, 1.165) is 12.8 Å². The quantitative estimate of drug-likeness (QED) is 0.570. The van der Waals surface area contributed by atoms with Crippen molar-refractivity contribution < 1.29 is 14.3 Å². The summed E-state index contributed by atoms with van der Waals surface area (Å²) in [4.78, 5) is 10.7. The van der Waals surface area contributed by atoms with Crippen molar-refractivity contribution in [3.8, 4) is 0 Å². The first-order chi connectivity index (χ1) is 5.24. The largest absolute Gasteiger partial charge is 0.469 e. The van der Waals surface area contributed by atoms with Crippen LogP contribution >= 0.6 is 0 Å². The highest BCUT2D eigenvalue weighted by atomic mass is 16.5. The molecule has 0 saturated carbocycles. The number of carbonyl (C=O) groups excluding carboxylic acids is 1. The molecule has 0 aromatic heterocycles. The molecular weight excluding hydrogens is 144 g/mol. The summed E-state index contributed by atoms with van der Waals surface area (Å²) in [6.45, 7) is 2.03. The SMILES string of the molecule is CCC(CCC(=O)OC)OC. The van der Waals surface area contributed by atoms with Crippen molar-refractivity contribution in [2.24, 2.45) is 0 Å². The van der Waals surface area contributed by atoms with Gasteiger partial charge >= 0.3 is 5.97 Å². The fourth-order valence-electron chi connectivity index (χ4n) is 0.870. The van der Waals surface area contributed by atoms with E-state index in [1.165, 1.54) is 7.11 Å². The Hall–Kier alpha value is -0.570. The van der Waals surface area contributed by atoms with E-state index in [0.29, 0.717) is 6.42 Å². The number of carbonyl (C=O) groups is 1. The minimum absolute atomic E-state index is 0.166. The smallest absolute Gasteiger partial charge is 0.305 e. The topological polar surface area (TPSA) is 35.5 Å². The molecule has 0 aliphatic rings. The van der Waals surface area contributed by atoms with E-state index < -0.39 is 0 Å². The summed E-state index contributed by atoms with van der Waals surface area (Å²) < 4.78 is 9.58. The van der Waals surface area contributed by atoms with Gasteiger partial charge in [0.05, 0.1) is 13.2 Å². The van der Waals surface area contributed by atoms with Crippen molar-refractivity contribution >= 4 is 5.97 Å². The molecule has 0 rings (SSSR count). The third kappa shape index (κ3) is 4.79. The lowest BCUT2D eigenvalue weighted by molar-refractivity contribution is -0.141. The third-order valence-electron chi connectivity index (χ3n) is 1.69. The van der Waals surface area contributed by atoms with Crippen molar-refractivity contribution in [1.29, 1.82) is 0 Å². The minimum Gasteiger partial charge on any atom is -0.469 e. The molecule has 0 radical (unpaired) electrons. The van der Waals surface area contributed by atoms with Gasteiger partial charge in [-0.3, -0.25) is 4.79 Å². The maximum Gasteiger partial charge on any atom is 0.305 e. The highest BCUT2D eigenvalue weighted by Gasteiger charge is 2.07. The Morgan fingerprint density at radius 3 is 2.45 bits per heavy atom. The van der Waals surface area contributed by atoms with Crippen molar-refractivity contribution in [3.63, 3.8) is 0 Å². The summed E-state index contributed by atoms with van der Waals surface area (Å²) in [6.07, 6.45) is 2.32. The zero-order chi connectivity index (χ0) is 8.69. The second kappa shape index (κ2) is 6.16. The second-order valence-corrected chi connectivity index (χ2v) is 2.38. The Labute approximate surface area is 67.7 Å². The molecule has 0 saturated heterocycles. The van der Waals surface area contributed by atoms with E-state index in [2.05, 4.69) is 4.74 Å². The average Bonchev–Trinajstić information content (AvgIpc) is 2.06. The van der Waals surface area contributed by atoms with Crippen LogP contribution in [-0.4, -0.2) is 26.3 Å². The molecule has 0 fully saturated rings. The molecule has 1 atom stereocenters. The highest BCUT2D eigenvalue weighted by molar-refractivity contribution is 5.69. The van der Waals surface area contributed by atoms with E-state index in [1.54, 1.807) is 7.11 Å². The standard InChI is InChI=1S/C8H16O3/c1-4-7(10-2)5-6-8(9)11-3/h7H,4-6H2,1-3H3.